The lowest BCUT2D eigenvalue weighted by molar-refractivity contribution is -0.0436. The number of sulfonamides is 1. The molecule has 5 aromatic rings. The number of benzene rings is 5. The maximum absolute atomic E-state index is 14.2. The highest BCUT2D eigenvalue weighted by Crippen LogP contribution is 2.37. The Hall–Kier alpha value is -4.72. The lowest BCUT2D eigenvalue weighted by atomic mass is 10.1. The zero-order chi connectivity index (χ0) is 41.2. The van der Waals surface area contributed by atoms with Gasteiger partial charge in [0.15, 0.2) is 15.6 Å². The molecular formula is C36H28Cl2F4N2O9S3. The van der Waals surface area contributed by atoms with Crippen molar-refractivity contribution in [1.82, 2.24) is 9.62 Å². The molecule has 0 unspecified atom stereocenters. The van der Waals surface area contributed by atoms with Crippen LogP contribution in [0.4, 0.5) is 17.6 Å². The smallest absolute Gasteiger partial charge is 0.501 e. The summed E-state index contributed by atoms with van der Waals surface area (Å²) in [5.74, 6) is -2.07. The third kappa shape index (κ3) is 9.98. The van der Waals surface area contributed by atoms with Gasteiger partial charge in [-0.15, -0.1) is 0 Å². The quantitative estimate of drug-likeness (QED) is 0.113. The number of phenolic OH excluding ortho intramolecular Hbond substituents is 1. The Morgan fingerprint density at radius 3 is 2.02 bits per heavy atom. The highest BCUT2D eigenvalue weighted by atomic mass is 35.5. The van der Waals surface area contributed by atoms with Crippen LogP contribution < -0.4 is 10.1 Å². The predicted molar refractivity (Wildman–Crippen MR) is 198 cm³/mol. The van der Waals surface area contributed by atoms with Gasteiger partial charge < -0.3 is 15.2 Å². The molecule has 0 aliphatic heterocycles. The van der Waals surface area contributed by atoms with E-state index in [0.29, 0.717) is 17.7 Å². The largest absolute Gasteiger partial charge is 0.505 e. The first-order valence-corrected chi connectivity index (χ1v) is 21.3. The molecule has 2 N–H and O–H groups in total. The van der Waals surface area contributed by atoms with Crippen LogP contribution in [0.15, 0.2) is 118 Å². The number of carbonyl (C=O) groups is 1. The minimum atomic E-state index is -5.76. The van der Waals surface area contributed by atoms with Crippen molar-refractivity contribution in [2.75, 3.05) is 6.26 Å². The molecule has 56 heavy (non-hydrogen) atoms. The summed E-state index contributed by atoms with van der Waals surface area (Å²) in [7, 11) is -14.0. The number of hydrogen-bond acceptors (Lipinski definition) is 9. The van der Waals surface area contributed by atoms with Gasteiger partial charge in [0, 0.05) is 36.5 Å². The number of alkyl halides is 3. The van der Waals surface area contributed by atoms with Crippen LogP contribution in [-0.4, -0.2) is 52.3 Å². The van der Waals surface area contributed by atoms with Crippen LogP contribution in [0.2, 0.25) is 10.0 Å². The Labute approximate surface area is 329 Å². The summed E-state index contributed by atoms with van der Waals surface area (Å²) in [6, 6.07) is 20.0. The summed E-state index contributed by atoms with van der Waals surface area (Å²) in [5, 5.41) is 12.7. The fourth-order valence-corrected chi connectivity index (χ4v) is 8.79. The molecule has 0 aromatic heterocycles. The molecule has 1 amide bonds. The molecule has 0 bridgehead atoms. The normalized spacial score (nSPS) is 12.4. The number of phenols is 1. The SMILES string of the molecule is CS(=O)(=O)c1ccc(CN(Cc2cc(CNC(=O)c3cccc(S(=O)(=O)C(F)(F)F)c3)cc(Oc3ccc(F)cc3)c2)S(=O)(=O)c2cc(Cl)cc(Cl)c2O)cc1. The fourth-order valence-electron chi connectivity index (χ4n) is 5.20. The number of nitrogens with zero attached hydrogens (tertiary/aromatic N) is 1. The van der Waals surface area contributed by atoms with Gasteiger partial charge in [0.1, 0.15) is 22.2 Å². The van der Waals surface area contributed by atoms with Gasteiger partial charge in [-0.3, -0.25) is 4.79 Å². The minimum Gasteiger partial charge on any atom is -0.505 e. The van der Waals surface area contributed by atoms with E-state index in [1.807, 2.05) is 0 Å². The molecule has 0 heterocycles. The molecular weight excluding hydrogens is 847 g/mol. The Bertz CT molecular complexity index is 2630. The number of ether oxygens (including phenoxy) is 1. The first-order chi connectivity index (χ1) is 26.0. The van der Waals surface area contributed by atoms with Crippen molar-refractivity contribution in [2.45, 2.75) is 39.8 Å². The molecule has 0 saturated carbocycles. The minimum absolute atomic E-state index is 0.0269. The monoisotopic (exact) mass is 874 g/mol. The molecule has 0 aliphatic rings. The molecule has 0 fully saturated rings. The lowest BCUT2D eigenvalue weighted by Gasteiger charge is -2.24. The lowest BCUT2D eigenvalue weighted by Crippen LogP contribution is -2.30. The van der Waals surface area contributed by atoms with Gasteiger partial charge in [0.25, 0.3) is 15.7 Å². The molecule has 0 spiro atoms. The van der Waals surface area contributed by atoms with Gasteiger partial charge >= 0.3 is 5.51 Å². The van der Waals surface area contributed by atoms with Crippen LogP contribution in [0.5, 0.6) is 17.2 Å². The van der Waals surface area contributed by atoms with E-state index in [1.54, 1.807) is 0 Å². The van der Waals surface area contributed by atoms with Gasteiger partial charge in [0.05, 0.1) is 14.8 Å². The number of nitrogens with one attached hydrogen (secondary N) is 1. The Kier molecular flexibility index (Phi) is 12.4. The molecule has 5 aromatic carbocycles. The number of sulfone groups is 2. The Morgan fingerprint density at radius 1 is 0.768 bits per heavy atom. The molecule has 296 valence electrons. The van der Waals surface area contributed by atoms with E-state index in [4.69, 9.17) is 27.9 Å². The molecule has 11 nitrogen and oxygen atoms in total. The number of rotatable bonds is 13. The van der Waals surface area contributed by atoms with Crippen molar-refractivity contribution in [3.63, 3.8) is 0 Å². The molecule has 0 radical (unpaired) electrons. The maximum atomic E-state index is 14.2. The van der Waals surface area contributed by atoms with Crippen molar-refractivity contribution in [2.24, 2.45) is 0 Å². The third-order valence-corrected chi connectivity index (χ3v) is 12.8. The summed E-state index contributed by atoms with van der Waals surface area (Å²) in [6.45, 7) is -1.19. The summed E-state index contributed by atoms with van der Waals surface area (Å²) < 4.78 is 136. The second-order valence-electron chi connectivity index (χ2n) is 12.1. The summed E-state index contributed by atoms with van der Waals surface area (Å²) in [5.41, 5.74) is -5.21. The van der Waals surface area contributed by atoms with Crippen molar-refractivity contribution in [1.29, 1.82) is 0 Å². The average Bonchev–Trinajstić information content (AvgIpc) is 3.12. The van der Waals surface area contributed by atoms with Crippen molar-refractivity contribution in [3.05, 3.63) is 141 Å². The number of aromatic hydroxyl groups is 1. The predicted octanol–water partition coefficient (Wildman–Crippen LogP) is 7.65. The molecule has 5 rings (SSSR count). The fraction of sp³-hybridized carbons (Fsp3) is 0.139. The van der Waals surface area contributed by atoms with E-state index in [9.17, 15) is 52.7 Å². The number of carbonyl (C=O) groups excluding carboxylic acids is 1. The number of amides is 1. The Balaban J connectivity index is 1.54. The second-order valence-corrected chi connectivity index (χ2v) is 18.8. The molecule has 20 heteroatoms. The topological polar surface area (TPSA) is 164 Å². The second kappa shape index (κ2) is 16.4. The van der Waals surface area contributed by atoms with Gasteiger partial charge in [0.2, 0.25) is 10.0 Å². The highest BCUT2D eigenvalue weighted by molar-refractivity contribution is 7.92. The third-order valence-electron chi connectivity index (χ3n) is 7.92. The van der Waals surface area contributed by atoms with Crippen LogP contribution in [0.1, 0.15) is 27.0 Å². The average molecular weight is 876 g/mol. The van der Waals surface area contributed by atoms with E-state index in [0.717, 1.165) is 47.0 Å². The van der Waals surface area contributed by atoms with E-state index in [1.165, 1.54) is 54.6 Å². The van der Waals surface area contributed by atoms with Crippen molar-refractivity contribution < 1.29 is 57.5 Å². The van der Waals surface area contributed by atoms with E-state index in [-0.39, 0.29) is 50.7 Å². The summed E-state index contributed by atoms with van der Waals surface area (Å²) in [6.07, 6.45) is 1.00. The molecule has 0 aliphatic carbocycles. The van der Waals surface area contributed by atoms with Crippen LogP contribution in [0.25, 0.3) is 0 Å². The van der Waals surface area contributed by atoms with Crippen LogP contribution in [0.3, 0.4) is 0 Å². The van der Waals surface area contributed by atoms with Crippen LogP contribution >= 0.6 is 23.2 Å². The van der Waals surface area contributed by atoms with Gasteiger partial charge in [-0.1, -0.05) is 47.5 Å². The molecule has 0 saturated heterocycles. The maximum Gasteiger partial charge on any atom is 0.501 e. The summed E-state index contributed by atoms with van der Waals surface area (Å²) in [4.78, 5) is 11.2. The first kappa shape index (κ1) is 42.4. The van der Waals surface area contributed by atoms with E-state index >= 15 is 0 Å². The number of hydrogen-bond donors (Lipinski definition) is 2. The summed E-state index contributed by atoms with van der Waals surface area (Å²) >= 11 is 12.2. The number of halogens is 6. The van der Waals surface area contributed by atoms with Gasteiger partial charge in [-0.25, -0.2) is 29.6 Å². The Morgan fingerprint density at radius 2 is 1.39 bits per heavy atom. The van der Waals surface area contributed by atoms with Crippen LogP contribution in [-0.2, 0) is 49.3 Å². The van der Waals surface area contributed by atoms with Crippen LogP contribution in [0, 0.1) is 5.82 Å². The van der Waals surface area contributed by atoms with E-state index in [2.05, 4.69) is 5.32 Å². The first-order valence-electron chi connectivity index (χ1n) is 15.8. The van der Waals surface area contributed by atoms with Crippen molar-refractivity contribution in [3.8, 4) is 17.2 Å². The van der Waals surface area contributed by atoms with E-state index < -0.39 is 74.6 Å². The van der Waals surface area contributed by atoms with Crippen molar-refractivity contribution >= 4 is 58.8 Å². The molecule has 0 atom stereocenters. The standard InChI is InChI=1S/C36H28Cl2F4N2O9S3/c1-54(47,48)30-11-5-22(6-12-30)20-44(56(51,52)33-18-26(37)17-32(38)34(33)45)21-24-13-23(14-29(15-24)53-28-9-7-27(39)8-10-28)19-43-35(46)25-3-2-4-31(16-25)55(49,50)36(40,41)42/h2-18,45H,19-21H2,1H3,(H,43,46). The zero-order valence-corrected chi connectivity index (χ0v) is 32.6. The zero-order valence-electron chi connectivity index (χ0n) is 28.6. The van der Waals surface area contributed by atoms with Gasteiger partial charge in [-0.05, 0) is 95.6 Å². The van der Waals surface area contributed by atoms with Gasteiger partial charge in [-0.2, -0.15) is 17.5 Å². The highest BCUT2D eigenvalue weighted by Gasteiger charge is 2.47.